The topological polar surface area (TPSA) is 48.4 Å². The van der Waals surface area contributed by atoms with E-state index in [0.717, 1.165) is 37.3 Å². The Balaban J connectivity index is 1.55. The van der Waals surface area contributed by atoms with E-state index in [2.05, 4.69) is 14.9 Å². The van der Waals surface area contributed by atoms with Crippen LogP contribution in [0.15, 0.2) is 35.4 Å². The summed E-state index contributed by atoms with van der Waals surface area (Å²) < 4.78 is 5.77. The highest BCUT2D eigenvalue weighted by atomic mass is 16.5. The monoisotopic (exact) mass is 330 g/mol. The smallest absolute Gasteiger partial charge is 0.256 e. The van der Waals surface area contributed by atoms with Gasteiger partial charge in [0, 0.05) is 26.1 Å². The average Bonchev–Trinajstić information content (AvgIpc) is 3.05. The van der Waals surface area contributed by atoms with Crippen LogP contribution in [0.3, 0.4) is 0 Å². The van der Waals surface area contributed by atoms with Crippen LogP contribution >= 0.6 is 0 Å². The lowest BCUT2D eigenvalue weighted by Crippen LogP contribution is -2.49. The van der Waals surface area contributed by atoms with Crippen molar-refractivity contribution in [3.05, 3.63) is 35.9 Å². The highest BCUT2D eigenvalue weighted by molar-refractivity contribution is 6.02. The first kappa shape index (κ1) is 17.1. The van der Waals surface area contributed by atoms with Gasteiger partial charge in [-0.25, -0.2) is 5.01 Å². The molecule has 1 aromatic rings. The Labute approximate surface area is 143 Å². The molecule has 2 heterocycles. The van der Waals surface area contributed by atoms with Gasteiger partial charge in [0.1, 0.15) is 0 Å². The summed E-state index contributed by atoms with van der Waals surface area (Å²) in [4.78, 5) is 16.8. The van der Waals surface area contributed by atoms with Gasteiger partial charge in [0.15, 0.2) is 0 Å². The molecule has 6 heteroatoms. The van der Waals surface area contributed by atoms with Crippen molar-refractivity contribution in [1.29, 1.82) is 0 Å². The number of likely N-dealkylation sites (N-methyl/N-ethyl adjacent to an activating group) is 1. The van der Waals surface area contributed by atoms with E-state index in [4.69, 9.17) is 4.74 Å². The van der Waals surface area contributed by atoms with Gasteiger partial charge in [0.05, 0.1) is 31.5 Å². The van der Waals surface area contributed by atoms with Gasteiger partial charge in [-0.05, 0) is 19.7 Å². The maximum absolute atomic E-state index is 12.5. The van der Waals surface area contributed by atoms with Crippen molar-refractivity contribution < 1.29 is 9.53 Å². The van der Waals surface area contributed by atoms with E-state index in [-0.39, 0.29) is 12.0 Å². The molecular formula is C18H26N4O2. The van der Waals surface area contributed by atoms with Gasteiger partial charge >= 0.3 is 0 Å². The van der Waals surface area contributed by atoms with Gasteiger partial charge in [0.2, 0.25) is 0 Å². The summed E-state index contributed by atoms with van der Waals surface area (Å²) >= 11 is 0. The van der Waals surface area contributed by atoms with Crippen LogP contribution in [-0.2, 0) is 9.53 Å². The van der Waals surface area contributed by atoms with Crippen LogP contribution < -0.4 is 0 Å². The molecule has 0 saturated carbocycles. The third-order valence-corrected chi connectivity index (χ3v) is 4.35. The number of carbonyl (C=O) groups is 1. The predicted octanol–water partition coefficient (Wildman–Crippen LogP) is 0.885. The normalized spacial score (nSPS) is 22.0. The minimum atomic E-state index is 0.0754. The van der Waals surface area contributed by atoms with Crippen molar-refractivity contribution >= 4 is 11.6 Å². The fourth-order valence-electron chi connectivity index (χ4n) is 3.19. The van der Waals surface area contributed by atoms with Crippen LogP contribution in [0.1, 0.15) is 12.0 Å². The van der Waals surface area contributed by atoms with Crippen LogP contribution in [-0.4, -0.2) is 86.0 Å². The van der Waals surface area contributed by atoms with Gasteiger partial charge < -0.3 is 9.64 Å². The maximum Gasteiger partial charge on any atom is 0.256 e. The Morgan fingerprint density at radius 2 is 2.08 bits per heavy atom. The Morgan fingerprint density at radius 1 is 1.29 bits per heavy atom. The molecule has 6 nitrogen and oxygen atoms in total. The van der Waals surface area contributed by atoms with Crippen LogP contribution in [0.5, 0.6) is 0 Å². The Hall–Kier alpha value is -1.76. The molecule has 0 aliphatic carbocycles. The molecule has 130 valence electrons. The summed E-state index contributed by atoms with van der Waals surface area (Å²) in [6, 6.07) is 10.1. The number of ether oxygens (including phenoxy) is 1. The summed E-state index contributed by atoms with van der Waals surface area (Å²) in [6.45, 7) is 4.26. The molecule has 1 aromatic carbocycles. The van der Waals surface area contributed by atoms with Crippen LogP contribution in [0, 0.1) is 0 Å². The standard InChI is InChI=1S/C18H26N4O2/c1-20(2)12-16-13-21(10-11-24-16)14-18(23)22-9-8-17(19-22)15-6-4-3-5-7-15/h3-7,16H,8-14H2,1-2H3/t16-/m1/s1. The zero-order valence-corrected chi connectivity index (χ0v) is 14.5. The first-order chi connectivity index (χ1) is 11.6. The molecule has 0 unspecified atom stereocenters. The molecule has 1 saturated heterocycles. The third kappa shape index (κ3) is 4.41. The summed E-state index contributed by atoms with van der Waals surface area (Å²) in [5, 5.41) is 6.15. The molecular weight excluding hydrogens is 304 g/mol. The molecule has 1 atom stereocenters. The van der Waals surface area contributed by atoms with Gasteiger partial charge in [-0.1, -0.05) is 30.3 Å². The number of carbonyl (C=O) groups excluding carboxylic acids is 1. The van der Waals surface area contributed by atoms with Gasteiger partial charge in [-0.15, -0.1) is 0 Å². The second kappa shape index (κ2) is 7.88. The highest BCUT2D eigenvalue weighted by Crippen LogP contribution is 2.14. The van der Waals surface area contributed by atoms with Crippen molar-refractivity contribution in [3.8, 4) is 0 Å². The number of rotatable bonds is 5. The van der Waals surface area contributed by atoms with Crippen molar-refractivity contribution in [2.45, 2.75) is 12.5 Å². The molecule has 3 rings (SSSR count). The first-order valence-corrected chi connectivity index (χ1v) is 8.54. The molecule has 0 spiro atoms. The van der Waals surface area contributed by atoms with E-state index in [1.807, 2.05) is 44.4 Å². The van der Waals surface area contributed by atoms with Crippen LogP contribution in [0.2, 0.25) is 0 Å². The first-order valence-electron chi connectivity index (χ1n) is 8.54. The van der Waals surface area contributed by atoms with E-state index >= 15 is 0 Å². The molecule has 0 N–H and O–H groups in total. The van der Waals surface area contributed by atoms with Gasteiger partial charge in [-0.3, -0.25) is 9.69 Å². The molecule has 2 aliphatic rings. The fourth-order valence-corrected chi connectivity index (χ4v) is 3.19. The SMILES string of the molecule is CN(C)C[C@@H]1CN(CC(=O)N2CCC(c3ccccc3)=N2)CCO1. The Morgan fingerprint density at radius 3 is 2.83 bits per heavy atom. The molecule has 0 bridgehead atoms. The Bertz CT molecular complexity index is 588. The van der Waals surface area contributed by atoms with Crippen molar-refractivity contribution in [2.24, 2.45) is 5.10 Å². The Kier molecular flexibility index (Phi) is 5.60. The van der Waals surface area contributed by atoms with E-state index in [1.54, 1.807) is 5.01 Å². The second-order valence-corrected chi connectivity index (χ2v) is 6.67. The number of amides is 1. The van der Waals surface area contributed by atoms with Gasteiger partial charge in [-0.2, -0.15) is 5.10 Å². The number of hydrogen-bond acceptors (Lipinski definition) is 5. The summed E-state index contributed by atoms with van der Waals surface area (Å²) in [5.41, 5.74) is 2.10. The number of hydrogen-bond donors (Lipinski definition) is 0. The van der Waals surface area contributed by atoms with E-state index in [9.17, 15) is 4.79 Å². The lowest BCUT2D eigenvalue weighted by atomic mass is 10.1. The number of hydrazone groups is 1. The summed E-state index contributed by atoms with van der Waals surface area (Å²) in [7, 11) is 4.08. The largest absolute Gasteiger partial charge is 0.374 e. The molecule has 0 aromatic heterocycles. The second-order valence-electron chi connectivity index (χ2n) is 6.67. The fraction of sp³-hybridized carbons (Fsp3) is 0.556. The molecule has 1 amide bonds. The summed E-state index contributed by atoms with van der Waals surface area (Å²) in [6.07, 6.45) is 0.991. The molecule has 1 fully saturated rings. The van der Waals surface area contributed by atoms with Crippen LogP contribution in [0.25, 0.3) is 0 Å². The molecule has 2 aliphatic heterocycles. The number of morpholine rings is 1. The number of benzene rings is 1. The van der Waals surface area contributed by atoms with Gasteiger partial charge in [0.25, 0.3) is 5.91 Å². The number of nitrogens with zero attached hydrogens (tertiary/aromatic N) is 4. The predicted molar refractivity (Wildman–Crippen MR) is 94.0 cm³/mol. The lowest BCUT2D eigenvalue weighted by Gasteiger charge is -2.34. The lowest BCUT2D eigenvalue weighted by molar-refractivity contribution is -0.134. The van der Waals surface area contributed by atoms with Crippen molar-refractivity contribution in [2.75, 3.05) is 53.4 Å². The summed E-state index contributed by atoms with van der Waals surface area (Å²) in [5.74, 6) is 0.0754. The minimum absolute atomic E-state index is 0.0754. The maximum atomic E-state index is 12.5. The van der Waals surface area contributed by atoms with Crippen molar-refractivity contribution in [1.82, 2.24) is 14.8 Å². The van der Waals surface area contributed by atoms with E-state index in [1.165, 1.54) is 0 Å². The molecule has 24 heavy (non-hydrogen) atoms. The third-order valence-electron chi connectivity index (χ3n) is 4.35. The van der Waals surface area contributed by atoms with E-state index < -0.39 is 0 Å². The quantitative estimate of drug-likeness (QED) is 0.804. The minimum Gasteiger partial charge on any atom is -0.374 e. The molecule has 0 radical (unpaired) electrons. The van der Waals surface area contributed by atoms with E-state index in [0.29, 0.717) is 19.7 Å². The van der Waals surface area contributed by atoms with Crippen molar-refractivity contribution in [3.63, 3.8) is 0 Å². The van der Waals surface area contributed by atoms with Crippen LogP contribution in [0.4, 0.5) is 0 Å². The zero-order valence-electron chi connectivity index (χ0n) is 14.5. The zero-order chi connectivity index (χ0) is 16.9. The average molecular weight is 330 g/mol. The highest BCUT2D eigenvalue weighted by Gasteiger charge is 2.26.